The third kappa shape index (κ3) is 2.56. The van der Waals surface area contributed by atoms with Crippen molar-refractivity contribution in [3.8, 4) is 5.75 Å². The second-order valence-corrected chi connectivity index (χ2v) is 4.17. The normalized spacial score (nSPS) is 20.3. The summed E-state index contributed by atoms with van der Waals surface area (Å²) >= 11 is 0. The maximum atomic E-state index is 11.6. The van der Waals surface area contributed by atoms with Crippen molar-refractivity contribution in [2.24, 2.45) is 11.0 Å². The van der Waals surface area contributed by atoms with Crippen LogP contribution >= 0.6 is 0 Å². The Bertz CT molecular complexity index is 577. The molecule has 7 heteroatoms. The number of nitrogens with zero attached hydrogens (tertiary/aromatic N) is 2. The van der Waals surface area contributed by atoms with E-state index in [1.807, 2.05) is 0 Å². The van der Waals surface area contributed by atoms with E-state index in [2.05, 4.69) is 9.85 Å². The van der Waals surface area contributed by atoms with Gasteiger partial charge in [-0.25, -0.2) is 0 Å². The van der Waals surface area contributed by atoms with Gasteiger partial charge in [0.1, 0.15) is 5.75 Å². The Balaban J connectivity index is 2.39. The van der Waals surface area contributed by atoms with Crippen LogP contribution < -0.4 is 4.74 Å². The molecule has 0 spiro atoms. The number of rotatable bonds is 3. The number of benzene rings is 1. The first kappa shape index (κ1) is 13.9. The summed E-state index contributed by atoms with van der Waals surface area (Å²) in [5, 5.41) is 25.1. The zero-order valence-electron chi connectivity index (χ0n) is 11.1. The van der Waals surface area contributed by atoms with E-state index < -0.39 is 11.9 Å². The van der Waals surface area contributed by atoms with Crippen LogP contribution in [0.15, 0.2) is 35.1 Å². The van der Waals surface area contributed by atoms with E-state index >= 15 is 0 Å². The molecule has 0 fully saturated rings. The van der Waals surface area contributed by atoms with E-state index in [0.29, 0.717) is 16.2 Å². The molecule has 0 radical (unpaired) electrons. The number of hydroxylamine groups is 1. The minimum absolute atomic E-state index is 0.0111. The number of esters is 1. The van der Waals surface area contributed by atoms with Gasteiger partial charge < -0.3 is 19.8 Å². The van der Waals surface area contributed by atoms with Crippen molar-refractivity contribution in [2.75, 3.05) is 20.8 Å². The van der Waals surface area contributed by atoms with Crippen LogP contribution in [0.1, 0.15) is 5.56 Å². The highest BCUT2D eigenvalue weighted by Gasteiger charge is 2.38. The van der Waals surface area contributed by atoms with Crippen molar-refractivity contribution in [1.82, 2.24) is 0 Å². The zero-order valence-corrected chi connectivity index (χ0v) is 11.1. The van der Waals surface area contributed by atoms with Gasteiger partial charge in [-0.05, 0) is 24.3 Å². The first-order valence-electron chi connectivity index (χ1n) is 5.88. The maximum absolute atomic E-state index is 11.6. The molecule has 1 unspecified atom stereocenters. The fraction of sp³-hybridized carbons (Fsp3) is 0.308. The molecule has 2 rings (SSSR count). The molecule has 1 aliphatic rings. The van der Waals surface area contributed by atoms with Crippen LogP contribution in [0.5, 0.6) is 5.75 Å². The number of hydrogen-bond donors (Lipinski definition) is 1. The van der Waals surface area contributed by atoms with Crippen molar-refractivity contribution in [3.05, 3.63) is 40.7 Å². The second kappa shape index (κ2) is 5.60. The van der Waals surface area contributed by atoms with Crippen molar-refractivity contribution < 1.29 is 24.2 Å². The molecular formula is C13H14N2O5. The van der Waals surface area contributed by atoms with Crippen LogP contribution in [0.2, 0.25) is 0 Å². The number of carbonyl (C=O) groups excluding carboxylic acids is 1. The highest BCUT2D eigenvalue weighted by atomic mass is 16.5. The third-order valence-electron chi connectivity index (χ3n) is 2.98. The van der Waals surface area contributed by atoms with Gasteiger partial charge >= 0.3 is 5.97 Å². The van der Waals surface area contributed by atoms with E-state index in [1.54, 1.807) is 24.3 Å². The van der Waals surface area contributed by atoms with E-state index in [-0.39, 0.29) is 18.0 Å². The lowest BCUT2D eigenvalue weighted by Crippen LogP contribution is -2.21. The minimum atomic E-state index is -0.889. The lowest BCUT2D eigenvalue weighted by atomic mass is 10.0. The van der Waals surface area contributed by atoms with Crippen LogP contribution in [0.25, 0.3) is 5.76 Å². The Labute approximate surface area is 115 Å². The molecule has 0 aliphatic carbocycles. The van der Waals surface area contributed by atoms with Crippen molar-refractivity contribution >= 4 is 11.7 Å². The monoisotopic (exact) mass is 278 g/mol. The molecule has 20 heavy (non-hydrogen) atoms. The van der Waals surface area contributed by atoms with Crippen LogP contribution in [-0.4, -0.2) is 36.7 Å². The van der Waals surface area contributed by atoms with E-state index in [4.69, 9.17) is 4.74 Å². The fourth-order valence-corrected chi connectivity index (χ4v) is 1.91. The molecule has 0 saturated heterocycles. The third-order valence-corrected chi connectivity index (χ3v) is 2.98. The summed E-state index contributed by atoms with van der Waals surface area (Å²) in [6, 6.07) is 6.53. The predicted octanol–water partition coefficient (Wildman–Crippen LogP) is 1.69. The number of methoxy groups -OCH3 is 2. The number of ether oxygens (including phenoxy) is 2. The van der Waals surface area contributed by atoms with Gasteiger partial charge in [0.25, 0.3) is 0 Å². The molecule has 1 N–H and O–H groups in total. The Morgan fingerprint density at radius 2 is 2.05 bits per heavy atom. The molecule has 106 valence electrons. The second-order valence-electron chi connectivity index (χ2n) is 4.17. The van der Waals surface area contributed by atoms with Gasteiger partial charge in [0, 0.05) is 10.7 Å². The summed E-state index contributed by atoms with van der Waals surface area (Å²) in [4.78, 5) is 12.0. The molecule has 1 aliphatic heterocycles. The molecular weight excluding hydrogens is 264 g/mol. The standard InChI is InChI=1S/C13H14N2O5/c1-19-9-5-3-8(4-6-9)12(16)11-10(13(17)20-2)7-15(18)14-11/h3-6,10,16H,7H2,1-2H3/b12-11+. The highest BCUT2D eigenvalue weighted by molar-refractivity contribution is 5.79. The summed E-state index contributed by atoms with van der Waals surface area (Å²) in [5.74, 6) is -1.09. The first-order chi connectivity index (χ1) is 9.56. The van der Waals surface area contributed by atoms with Crippen LogP contribution in [0, 0.1) is 11.1 Å². The van der Waals surface area contributed by atoms with Gasteiger partial charge in [0.05, 0.1) is 14.2 Å². The molecule has 1 aromatic carbocycles. The lowest BCUT2D eigenvalue weighted by Gasteiger charge is -2.07. The van der Waals surface area contributed by atoms with Crippen molar-refractivity contribution in [2.45, 2.75) is 0 Å². The Hall–Kier alpha value is -2.57. The fourth-order valence-electron chi connectivity index (χ4n) is 1.91. The number of aliphatic hydroxyl groups is 1. The van der Waals surface area contributed by atoms with Gasteiger partial charge in [-0.2, -0.15) is 0 Å². The van der Waals surface area contributed by atoms with E-state index in [0.717, 1.165) is 0 Å². The van der Waals surface area contributed by atoms with Crippen LogP contribution in [-0.2, 0) is 9.53 Å². The number of hydrogen-bond acceptors (Lipinski definition) is 6. The van der Waals surface area contributed by atoms with E-state index in [9.17, 15) is 15.1 Å². The molecule has 0 bridgehead atoms. The Morgan fingerprint density at radius 3 is 2.60 bits per heavy atom. The van der Waals surface area contributed by atoms with Crippen LogP contribution in [0.3, 0.4) is 0 Å². The van der Waals surface area contributed by atoms with Crippen molar-refractivity contribution in [3.63, 3.8) is 0 Å². The molecule has 1 heterocycles. The maximum Gasteiger partial charge on any atom is 0.321 e. The van der Waals surface area contributed by atoms with E-state index in [1.165, 1.54) is 14.2 Å². The first-order valence-corrected chi connectivity index (χ1v) is 5.88. The summed E-state index contributed by atoms with van der Waals surface area (Å²) < 4.78 is 9.62. The highest BCUT2D eigenvalue weighted by Crippen LogP contribution is 2.29. The van der Waals surface area contributed by atoms with Gasteiger partial charge in [-0.15, -0.1) is 0 Å². The van der Waals surface area contributed by atoms with Crippen molar-refractivity contribution in [1.29, 1.82) is 0 Å². The van der Waals surface area contributed by atoms with Crippen LogP contribution in [0.4, 0.5) is 0 Å². The van der Waals surface area contributed by atoms with Gasteiger partial charge in [0.2, 0.25) is 0 Å². The molecule has 7 nitrogen and oxygen atoms in total. The van der Waals surface area contributed by atoms with Gasteiger partial charge in [0.15, 0.2) is 23.9 Å². The molecule has 0 aromatic heterocycles. The summed E-state index contributed by atoms with van der Waals surface area (Å²) in [5.41, 5.74) is 0.450. The number of aliphatic hydroxyl groups excluding tert-OH is 1. The lowest BCUT2D eigenvalue weighted by molar-refractivity contribution is -0.516. The Morgan fingerprint density at radius 1 is 1.40 bits per heavy atom. The molecule has 0 saturated carbocycles. The summed E-state index contributed by atoms with van der Waals surface area (Å²) in [6.45, 7) is -0.164. The quantitative estimate of drug-likeness (QED) is 0.393. The smallest absolute Gasteiger partial charge is 0.321 e. The molecule has 1 aromatic rings. The van der Waals surface area contributed by atoms with Gasteiger partial charge in [-0.3, -0.25) is 4.79 Å². The Kier molecular flexibility index (Phi) is 3.88. The predicted molar refractivity (Wildman–Crippen MR) is 69.0 cm³/mol. The van der Waals surface area contributed by atoms with Gasteiger partial charge in [-0.1, -0.05) is 4.86 Å². The number of azo groups is 1. The molecule has 1 atom stereocenters. The summed E-state index contributed by atoms with van der Waals surface area (Å²) in [6.07, 6.45) is 0. The SMILES string of the molecule is COC(=O)C1C[N+]([O-])=N/C1=C(/O)c1ccc(OC)cc1. The summed E-state index contributed by atoms with van der Waals surface area (Å²) in [7, 11) is 2.75. The number of carbonyl (C=O) groups is 1. The molecule has 0 amide bonds. The minimum Gasteiger partial charge on any atom is -0.600 e. The largest absolute Gasteiger partial charge is 0.600 e. The zero-order chi connectivity index (χ0) is 14.7. The average Bonchev–Trinajstić information content (AvgIpc) is 2.87. The average molecular weight is 278 g/mol. The topological polar surface area (TPSA) is 94.2 Å².